The molecule has 1 saturated carbocycles. The Morgan fingerprint density at radius 1 is 1.21 bits per heavy atom. The van der Waals surface area contributed by atoms with Crippen molar-refractivity contribution in [2.24, 2.45) is 11.8 Å². The Kier molecular flexibility index (Phi) is 4.76. The van der Waals surface area contributed by atoms with Crippen LogP contribution in [0.25, 0.3) is 0 Å². The van der Waals surface area contributed by atoms with Gasteiger partial charge in [0.05, 0.1) is 25.0 Å². The molecule has 100 valence electrons. The Labute approximate surface area is 119 Å². The van der Waals surface area contributed by atoms with E-state index in [9.17, 15) is 0 Å². The van der Waals surface area contributed by atoms with Gasteiger partial charge in [-0.25, -0.2) is 0 Å². The van der Waals surface area contributed by atoms with Gasteiger partial charge in [0.1, 0.15) is 0 Å². The third-order valence-electron chi connectivity index (χ3n) is 3.86. The molecule has 0 aromatic heterocycles. The molecule has 4 nitrogen and oxygen atoms in total. The van der Waals surface area contributed by atoms with E-state index < -0.39 is 0 Å². The van der Waals surface area contributed by atoms with Gasteiger partial charge in [0.2, 0.25) is 0 Å². The number of rotatable bonds is 5. The van der Waals surface area contributed by atoms with Crippen molar-refractivity contribution in [2.45, 2.75) is 31.7 Å². The first-order valence-electron chi connectivity index (χ1n) is 6.72. The van der Waals surface area contributed by atoms with Crippen molar-refractivity contribution in [3.63, 3.8) is 0 Å². The summed E-state index contributed by atoms with van der Waals surface area (Å²) >= 11 is 5.43. The molecule has 5 heteroatoms. The minimum absolute atomic E-state index is 0.425. The van der Waals surface area contributed by atoms with E-state index in [-0.39, 0.29) is 0 Å². The van der Waals surface area contributed by atoms with E-state index in [0.717, 1.165) is 6.42 Å². The normalized spacial score (nSPS) is 26.7. The Hall–Kier alpha value is -1.59. The summed E-state index contributed by atoms with van der Waals surface area (Å²) in [5.74, 6) is 1.30. The van der Waals surface area contributed by atoms with Crippen molar-refractivity contribution in [1.82, 2.24) is 10.2 Å². The fourth-order valence-corrected chi connectivity index (χ4v) is 3.22. The summed E-state index contributed by atoms with van der Waals surface area (Å²) in [7, 11) is 0. The maximum atomic E-state index is 8.68. The number of hydrogen-bond acceptors (Lipinski definition) is 3. The number of allylic oxidation sites excluding steroid dienone is 1. The van der Waals surface area contributed by atoms with E-state index in [1.807, 2.05) is 4.90 Å². The molecule has 0 saturated heterocycles. The van der Waals surface area contributed by atoms with E-state index in [0.29, 0.717) is 48.9 Å². The smallest absolute Gasteiger partial charge is 0.169 e. The van der Waals surface area contributed by atoms with Crippen LogP contribution in [-0.4, -0.2) is 29.1 Å². The minimum atomic E-state index is 0.425. The maximum absolute atomic E-state index is 8.68. The number of fused-ring (bicyclic) bond motifs is 2. The highest BCUT2D eigenvalue weighted by Crippen LogP contribution is 2.38. The number of thiocarbonyl (C=S) groups is 1. The summed E-state index contributed by atoms with van der Waals surface area (Å²) < 4.78 is 0. The molecule has 0 aromatic rings. The standard InChI is InChI=1S/C14H18N4S/c15-5-1-7-18(8-2-6-16)14(19)17-13-10-11-3-4-12(13)9-11/h3-4,11-13H,1-2,7-10H2,(H,17,19)/t11-,12-,13+/m1/s1. The van der Waals surface area contributed by atoms with Crippen molar-refractivity contribution in [1.29, 1.82) is 10.5 Å². The second kappa shape index (κ2) is 6.54. The monoisotopic (exact) mass is 274 g/mol. The summed E-state index contributed by atoms with van der Waals surface area (Å²) in [5.41, 5.74) is 0. The first kappa shape index (κ1) is 13.8. The molecule has 0 heterocycles. The molecule has 1 fully saturated rings. The molecular formula is C14H18N4S. The van der Waals surface area contributed by atoms with Crippen molar-refractivity contribution >= 4 is 17.3 Å². The van der Waals surface area contributed by atoms with Gasteiger partial charge in [0.25, 0.3) is 0 Å². The highest BCUT2D eigenvalue weighted by atomic mass is 32.1. The minimum Gasteiger partial charge on any atom is -0.359 e. The molecular weight excluding hydrogens is 256 g/mol. The summed E-state index contributed by atoms with van der Waals surface area (Å²) in [6, 6.07) is 4.68. The first-order valence-corrected chi connectivity index (χ1v) is 7.13. The van der Waals surface area contributed by atoms with Gasteiger partial charge in [-0.3, -0.25) is 0 Å². The van der Waals surface area contributed by atoms with Crippen molar-refractivity contribution in [3.8, 4) is 12.1 Å². The lowest BCUT2D eigenvalue weighted by Crippen LogP contribution is -2.46. The first-order chi connectivity index (χ1) is 9.24. The van der Waals surface area contributed by atoms with Crippen LogP contribution in [0.3, 0.4) is 0 Å². The van der Waals surface area contributed by atoms with Gasteiger partial charge in [0, 0.05) is 19.1 Å². The molecule has 0 unspecified atom stereocenters. The Morgan fingerprint density at radius 2 is 1.89 bits per heavy atom. The van der Waals surface area contributed by atoms with Gasteiger partial charge in [-0.15, -0.1) is 0 Å². The molecule has 3 atom stereocenters. The van der Waals surface area contributed by atoms with Gasteiger partial charge >= 0.3 is 0 Å². The van der Waals surface area contributed by atoms with Crippen LogP contribution >= 0.6 is 12.2 Å². The topological polar surface area (TPSA) is 62.9 Å². The van der Waals surface area contributed by atoms with Crippen LogP contribution in [0.4, 0.5) is 0 Å². The number of nitrogens with zero attached hydrogens (tertiary/aromatic N) is 3. The zero-order valence-corrected chi connectivity index (χ0v) is 11.7. The lowest BCUT2D eigenvalue weighted by molar-refractivity contribution is 0.408. The lowest BCUT2D eigenvalue weighted by atomic mass is 10.0. The van der Waals surface area contributed by atoms with Crippen LogP contribution < -0.4 is 5.32 Å². The Morgan fingerprint density at radius 3 is 2.37 bits per heavy atom. The van der Waals surface area contributed by atoms with Crippen LogP contribution in [-0.2, 0) is 0 Å². The van der Waals surface area contributed by atoms with Crippen LogP contribution in [0.5, 0.6) is 0 Å². The molecule has 2 aliphatic rings. The third kappa shape index (κ3) is 3.45. The Balaban J connectivity index is 1.86. The van der Waals surface area contributed by atoms with E-state index in [1.54, 1.807) is 0 Å². The molecule has 0 amide bonds. The summed E-state index contributed by atoms with van der Waals surface area (Å²) in [6.45, 7) is 1.20. The van der Waals surface area contributed by atoms with Gasteiger partial charge < -0.3 is 10.2 Å². The quantitative estimate of drug-likeness (QED) is 0.613. The highest BCUT2D eigenvalue weighted by molar-refractivity contribution is 7.80. The molecule has 2 rings (SSSR count). The second-order valence-corrected chi connectivity index (χ2v) is 5.53. The zero-order valence-electron chi connectivity index (χ0n) is 10.9. The second-order valence-electron chi connectivity index (χ2n) is 5.14. The number of nitriles is 2. The SMILES string of the molecule is N#CCCN(CCC#N)C(=S)N[C@H]1C[C@@H]2C=C[C@@H]1C2. The highest BCUT2D eigenvalue weighted by Gasteiger charge is 2.36. The maximum Gasteiger partial charge on any atom is 0.169 e. The van der Waals surface area contributed by atoms with Gasteiger partial charge in [-0.05, 0) is 36.9 Å². The molecule has 1 N–H and O–H groups in total. The lowest BCUT2D eigenvalue weighted by Gasteiger charge is -2.29. The zero-order chi connectivity index (χ0) is 13.7. The summed E-state index contributed by atoms with van der Waals surface area (Å²) in [6.07, 6.45) is 7.83. The van der Waals surface area contributed by atoms with Crippen LogP contribution in [0.2, 0.25) is 0 Å². The molecule has 0 aromatic carbocycles. The fraction of sp³-hybridized carbons (Fsp3) is 0.643. The van der Waals surface area contributed by atoms with E-state index in [4.69, 9.17) is 22.7 Å². The molecule has 0 radical (unpaired) electrons. The largest absolute Gasteiger partial charge is 0.359 e. The molecule has 2 bridgehead atoms. The Bertz CT molecular complexity index is 427. The molecule has 0 spiro atoms. The summed E-state index contributed by atoms with van der Waals surface area (Å²) in [5, 5.41) is 21.5. The van der Waals surface area contributed by atoms with E-state index in [2.05, 4.69) is 29.6 Å². The van der Waals surface area contributed by atoms with Gasteiger partial charge in [-0.1, -0.05) is 12.2 Å². The summed E-state index contributed by atoms with van der Waals surface area (Å²) in [4.78, 5) is 1.94. The molecule has 0 aliphatic heterocycles. The van der Waals surface area contributed by atoms with Crippen LogP contribution in [0, 0.1) is 34.5 Å². The number of nitrogens with one attached hydrogen (secondary N) is 1. The third-order valence-corrected chi connectivity index (χ3v) is 4.24. The van der Waals surface area contributed by atoms with Crippen LogP contribution in [0.15, 0.2) is 12.2 Å². The van der Waals surface area contributed by atoms with Crippen molar-refractivity contribution in [2.75, 3.05) is 13.1 Å². The van der Waals surface area contributed by atoms with Gasteiger partial charge in [-0.2, -0.15) is 10.5 Å². The van der Waals surface area contributed by atoms with E-state index in [1.165, 1.54) is 6.42 Å². The average Bonchev–Trinajstić information content (AvgIpc) is 3.01. The van der Waals surface area contributed by atoms with Gasteiger partial charge in [0.15, 0.2) is 5.11 Å². The molecule has 19 heavy (non-hydrogen) atoms. The molecule has 2 aliphatic carbocycles. The van der Waals surface area contributed by atoms with E-state index >= 15 is 0 Å². The average molecular weight is 274 g/mol. The predicted octanol–water partition coefficient (Wildman–Crippen LogP) is 1.95. The number of hydrogen-bond donors (Lipinski definition) is 1. The predicted molar refractivity (Wildman–Crippen MR) is 76.9 cm³/mol. The van der Waals surface area contributed by atoms with Crippen molar-refractivity contribution in [3.05, 3.63) is 12.2 Å². The fourth-order valence-electron chi connectivity index (χ4n) is 2.88. The van der Waals surface area contributed by atoms with Crippen molar-refractivity contribution < 1.29 is 0 Å². The van der Waals surface area contributed by atoms with Crippen LogP contribution in [0.1, 0.15) is 25.7 Å².